The van der Waals surface area contributed by atoms with Crippen LogP contribution in [0.25, 0.3) is 0 Å². The Hall–Kier alpha value is -1.56. The second-order valence-electron chi connectivity index (χ2n) is 4.02. The summed E-state index contributed by atoms with van der Waals surface area (Å²) < 4.78 is 4.99. The van der Waals surface area contributed by atoms with E-state index in [1.54, 1.807) is 0 Å². The third-order valence-electron chi connectivity index (χ3n) is 2.58. The number of H-pyrrole nitrogens is 1. The number of nitrogens with two attached hydrogens (primary N) is 1. The highest BCUT2D eigenvalue weighted by molar-refractivity contribution is 5.47. The van der Waals surface area contributed by atoms with E-state index in [-0.39, 0.29) is 11.3 Å². The molecule has 0 radical (unpaired) electrons. The molecule has 6 nitrogen and oxygen atoms in total. The molecule has 1 unspecified atom stereocenters. The number of rotatable bonds is 7. The van der Waals surface area contributed by atoms with E-state index < -0.39 is 0 Å². The Kier molecular flexibility index (Phi) is 5.48. The van der Waals surface area contributed by atoms with Gasteiger partial charge in [-0.2, -0.15) is 0 Å². The lowest BCUT2D eigenvalue weighted by Crippen LogP contribution is -2.16. The molecule has 17 heavy (non-hydrogen) atoms. The van der Waals surface area contributed by atoms with Crippen molar-refractivity contribution in [3.05, 3.63) is 16.7 Å². The Balaban J connectivity index is 2.47. The minimum absolute atomic E-state index is 0.222. The first-order valence-electron chi connectivity index (χ1n) is 5.74. The van der Waals surface area contributed by atoms with Crippen LogP contribution in [-0.2, 0) is 0 Å². The molecular weight excluding hydrogens is 220 g/mol. The van der Waals surface area contributed by atoms with E-state index >= 15 is 0 Å². The van der Waals surface area contributed by atoms with Gasteiger partial charge in [-0.25, -0.2) is 4.98 Å². The summed E-state index contributed by atoms with van der Waals surface area (Å²) in [6.07, 6.45) is 3.39. The number of anilines is 1. The lowest BCUT2D eigenvalue weighted by molar-refractivity contribution is 0.408. The van der Waals surface area contributed by atoms with E-state index in [0.29, 0.717) is 18.3 Å². The molecule has 96 valence electrons. The van der Waals surface area contributed by atoms with Gasteiger partial charge in [0.25, 0.3) is 5.56 Å². The summed E-state index contributed by atoms with van der Waals surface area (Å²) in [4.78, 5) is 17.9. The number of aromatic nitrogens is 2. The van der Waals surface area contributed by atoms with Crippen LogP contribution < -0.4 is 21.3 Å². The van der Waals surface area contributed by atoms with Crippen LogP contribution >= 0.6 is 0 Å². The third-order valence-corrected chi connectivity index (χ3v) is 2.58. The largest absolute Gasteiger partial charge is 0.489 e. The number of nitrogens with one attached hydrogen (secondary N) is 2. The highest BCUT2D eigenvalue weighted by Gasteiger charge is 2.07. The Morgan fingerprint density at radius 2 is 2.41 bits per heavy atom. The second kappa shape index (κ2) is 6.90. The summed E-state index contributed by atoms with van der Waals surface area (Å²) in [7, 11) is 1.45. The number of hydrogen-bond acceptors (Lipinski definition) is 5. The molecule has 0 aliphatic carbocycles. The topological polar surface area (TPSA) is 93.0 Å². The average molecular weight is 240 g/mol. The van der Waals surface area contributed by atoms with Gasteiger partial charge >= 0.3 is 0 Å². The second-order valence-corrected chi connectivity index (χ2v) is 4.02. The molecular formula is C11H20N4O2. The van der Waals surface area contributed by atoms with E-state index in [4.69, 9.17) is 10.5 Å². The summed E-state index contributed by atoms with van der Waals surface area (Å²) in [5, 5.41) is 3.09. The molecule has 0 saturated carbocycles. The van der Waals surface area contributed by atoms with Gasteiger partial charge in [-0.3, -0.25) is 4.79 Å². The van der Waals surface area contributed by atoms with Crippen LogP contribution in [0.15, 0.2) is 11.1 Å². The first kappa shape index (κ1) is 13.5. The van der Waals surface area contributed by atoms with E-state index in [2.05, 4.69) is 22.2 Å². The van der Waals surface area contributed by atoms with Crippen LogP contribution in [0.5, 0.6) is 5.75 Å². The van der Waals surface area contributed by atoms with Crippen LogP contribution in [0.1, 0.15) is 19.8 Å². The molecule has 1 aromatic rings. The summed E-state index contributed by atoms with van der Waals surface area (Å²) in [6, 6.07) is 0. The molecule has 4 N–H and O–H groups in total. The average Bonchev–Trinajstić information content (AvgIpc) is 2.34. The van der Waals surface area contributed by atoms with E-state index in [1.807, 2.05) is 0 Å². The first-order chi connectivity index (χ1) is 8.19. The molecule has 1 rings (SSSR count). The van der Waals surface area contributed by atoms with E-state index in [1.165, 1.54) is 13.4 Å². The lowest BCUT2D eigenvalue weighted by atomic mass is 10.1. The van der Waals surface area contributed by atoms with Crippen LogP contribution in [0.4, 0.5) is 5.82 Å². The molecule has 1 heterocycles. The molecule has 0 fully saturated rings. The van der Waals surface area contributed by atoms with E-state index in [0.717, 1.165) is 19.4 Å². The van der Waals surface area contributed by atoms with Crippen molar-refractivity contribution in [2.24, 2.45) is 11.7 Å². The summed E-state index contributed by atoms with van der Waals surface area (Å²) in [5.74, 6) is 1.22. The molecule has 0 aromatic carbocycles. The standard InChI is InChI=1S/C11H20N4O2/c1-8(6-12)4-3-5-13-10-9(17-2)11(16)15-7-14-10/h7-8H,3-6,12H2,1-2H3,(H2,13,14,15,16). The Labute approximate surface area is 101 Å². The van der Waals surface area contributed by atoms with Gasteiger partial charge in [-0.05, 0) is 25.3 Å². The number of methoxy groups -OCH3 is 1. The number of ether oxygens (including phenoxy) is 1. The quantitative estimate of drug-likeness (QED) is 0.606. The van der Waals surface area contributed by atoms with Crippen molar-refractivity contribution in [1.82, 2.24) is 9.97 Å². The van der Waals surface area contributed by atoms with Crippen molar-refractivity contribution in [2.45, 2.75) is 19.8 Å². The fourth-order valence-corrected chi connectivity index (χ4v) is 1.48. The predicted octanol–water partition coefficient (Wildman–Crippen LogP) is 0.565. The Morgan fingerprint density at radius 3 is 3.06 bits per heavy atom. The van der Waals surface area contributed by atoms with Gasteiger partial charge < -0.3 is 20.8 Å². The molecule has 0 aliphatic rings. The maximum absolute atomic E-state index is 11.4. The van der Waals surface area contributed by atoms with Crippen LogP contribution in [-0.4, -0.2) is 30.2 Å². The van der Waals surface area contributed by atoms with Crippen molar-refractivity contribution in [1.29, 1.82) is 0 Å². The summed E-state index contributed by atoms with van der Waals surface area (Å²) >= 11 is 0. The summed E-state index contributed by atoms with van der Waals surface area (Å²) in [5.41, 5.74) is 5.26. The zero-order valence-electron chi connectivity index (χ0n) is 10.3. The monoisotopic (exact) mass is 240 g/mol. The highest BCUT2D eigenvalue weighted by Crippen LogP contribution is 2.14. The fourth-order valence-electron chi connectivity index (χ4n) is 1.48. The Morgan fingerprint density at radius 1 is 1.65 bits per heavy atom. The molecule has 6 heteroatoms. The van der Waals surface area contributed by atoms with Crippen molar-refractivity contribution in [3.8, 4) is 5.75 Å². The van der Waals surface area contributed by atoms with Crippen LogP contribution in [0.2, 0.25) is 0 Å². The van der Waals surface area contributed by atoms with Gasteiger partial charge in [0.05, 0.1) is 13.4 Å². The minimum Gasteiger partial charge on any atom is -0.489 e. The molecule has 0 bridgehead atoms. The summed E-state index contributed by atoms with van der Waals surface area (Å²) in [6.45, 7) is 3.57. The molecule has 1 atom stereocenters. The predicted molar refractivity (Wildman–Crippen MR) is 67.4 cm³/mol. The zero-order chi connectivity index (χ0) is 12.7. The van der Waals surface area contributed by atoms with Gasteiger partial charge in [-0.1, -0.05) is 6.92 Å². The maximum Gasteiger partial charge on any atom is 0.295 e. The number of hydrogen-bond donors (Lipinski definition) is 3. The minimum atomic E-state index is -0.277. The van der Waals surface area contributed by atoms with Crippen molar-refractivity contribution < 1.29 is 4.74 Å². The van der Waals surface area contributed by atoms with E-state index in [9.17, 15) is 4.79 Å². The first-order valence-corrected chi connectivity index (χ1v) is 5.74. The van der Waals surface area contributed by atoms with Crippen molar-refractivity contribution in [3.63, 3.8) is 0 Å². The van der Waals surface area contributed by atoms with Gasteiger partial charge in [0.2, 0.25) is 5.75 Å². The SMILES string of the molecule is COc1c(NCCCC(C)CN)nc[nH]c1=O. The van der Waals surface area contributed by atoms with Gasteiger partial charge in [-0.15, -0.1) is 0 Å². The lowest BCUT2D eigenvalue weighted by Gasteiger charge is -2.10. The highest BCUT2D eigenvalue weighted by atomic mass is 16.5. The Bertz CT molecular complexity index is 391. The molecule has 0 aliphatic heterocycles. The van der Waals surface area contributed by atoms with Gasteiger partial charge in [0.15, 0.2) is 5.82 Å². The van der Waals surface area contributed by atoms with Gasteiger partial charge in [0, 0.05) is 6.54 Å². The van der Waals surface area contributed by atoms with Gasteiger partial charge in [0.1, 0.15) is 0 Å². The van der Waals surface area contributed by atoms with Crippen LogP contribution in [0.3, 0.4) is 0 Å². The normalized spacial score (nSPS) is 12.2. The van der Waals surface area contributed by atoms with Crippen molar-refractivity contribution in [2.75, 3.05) is 25.5 Å². The fraction of sp³-hybridized carbons (Fsp3) is 0.636. The van der Waals surface area contributed by atoms with Crippen LogP contribution in [0, 0.1) is 5.92 Å². The molecule has 0 amide bonds. The molecule has 0 saturated heterocycles. The number of aromatic amines is 1. The molecule has 0 spiro atoms. The maximum atomic E-state index is 11.4. The third kappa shape index (κ3) is 4.07. The van der Waals surface area contributed by atoms with Crippen molar-refractivity contribution >= 4 is 5.82 Å². The smallest absolute Gasteiger partial charge is 0.295 e. The zero-order valence-corrected chi connectivity index (χ0v) is 10.3. The molecule has 1 aromatic heterocycles. The number of nitrogens with zero attached hydrogens (tertiary/aromatic N) is 1.